The summed E-state index contributed by atoms with van der Waals surface area (Å²) in [6, 6.07) is 2.50. The lowest BCUT2D eigenvalue weighted by Crippen LogP contribution is -2.23. The molecule has 0 saturated carbocycles. The quantitative estimate of drug-likeness (QED) is 0.458. The molecular formula is C11H14ClNO5. The molecule has 100 valence electrons. The Morgan fingerprint density at radius 2 is 2.11 bits per heavy atom. The number of rotatable bonds is 4. The summed E-state index contributed by atoms with van der Waals surface area (Å²) in [7, 11) is 1.19. The van der Waals surface area contributed by atoms with E-state index >= 15 is 0 Å². The van der Waals surface area contributed by atoms with Gasteiger partial charge in [0, 0.05) is 16.3 Å². The molecule has 0 heterocycles. The van der Waals surface area contributed by atoms with Crippen molar-refractivity contribution in [1.29, 1.82) is 0 Å². The zero-order valence-corrected chi connectivity index (χ0v) is 10.4. The minimum absolute atomic E-state index is 0.0288. The fraction of sp³-hybridized carbons (Fsp3) is 0.364. The van der Waals surface area contributed by atoms with Crippen molar-refractivity contribution in [1.82, 2.24) is 0 Å². The Morgan fingerprint density at radius 3 is 2.61 bits per heavy atom. The van der Waals surface area contributed by atoms with Crippen molar-refractivity contribution in [3.05, 3.63) is 28.3 Å². The molecule has 0 aliphatic rings. The predicted octanol–water partition coefficient (Wildman–Crippen LogP) is 0.0954. The van der Waals surface area contributed by atoms with Crippen LogP contribution in [0.4, 0.5) is 5.69 Å². The van der Waals surface area contributed by atoms with Gasteiger partial charge < -0.3 is 25.8 Å². The molecule has 0 aliphatic heterocycles. The number of halogens is 1. The maximum Gasteiger partial charge on any atom is 0.339 e. The van der Waals surface area contributed by atoms with Crippen LogP contribution in [0, 0.1) is 0 Å². The fourth-order valence-corrected chi connectivity index (χ4v) is 1.71. The summed E-state index contributed by atoms with van der Waals surface area (Å²) >= 11 is 5.86. The van der Waals surface area contributed by atoms with Crippen LogP contribution in [0.15, 0.2) is 12.1 Å². The number of nitrogen functional groups attached to an aromatic ring is 1. The van der Waals surface area contributed by atoms with Gasteiger partial charge in [0.2, 0.25) is 0 Å². The van der Waals surface area contributed by atoms with Crippen molar-refractivity contribution in [3.8, 4) is 0 Å². The van der Waals surface area contributed by atoms with Crippen molar-refractivity contribution >= 4 is 23.3 Å². The summed E-state index contributed by atoms with van der Waals surface area (Å²) < 4.78 is 4.52. The Kier molecular flexibility index (Phi) is 4.92. The molecule has 0 aliphatic carbocycles. The van der Waals surface area contributed by atoms with Gasteiger partial charge in [-0.1, -0.05) is 11.6 Å². The third kappa shape index (κ3) is 2.91. The maximum atomic E-state index is 11.4. The van der Waals surface area contributed by atoms with E-state index in [2.05, 4.69) is 4.74 Å². The Hall–Kier alpha value is -1.34. The highest BCUT2D eigenvalue weighted by molar-refractivity contribution is 6.32. The molecular weight excluding hydrogens is 262 g/mol. The molecule has 0 bridgehead atoms. The van der Waals surface area contributed by atoms with Crippen LogP contribution in [0.3, 0.4) is 0 Å². The van der Waals surface area contributed by atoms with E-state index in [1.54, 1.807) is 0 Å². The van der Waals surface area contributed by atoms with Crippen molar-refractivity contribution in [2.45, 2.75) is 12.2 Å². The molecule has 7 heteroatoms. The summed E-state index contributed by atoms with van der Waals surface area (Å²) in [6.07, 6.45) is -2.83. The molecule has 0 fully saturated rings. The number of esters is 1. The van der Waals surface area contributed by atoms with E-state index in [0.29, 0.717) is 0 Å². The van der Waals surface area contributed by atoms with Crippen molar-refractivity contribution in [2.75, 3.05) is 19.5 Å². The molecule has 0 radical (unpaired) electrons. The van der Waals surface area contributed by atoms with Gasteiger partial charge in [-0.15, -0.1) is 0 Å². The summed E-state index contributed by atoms with van der Waals surface area (Å²) in [5.41, 5.74) is 5.81. The van der Waals surface area contributed by atoms with Gasteiger partial charge in [-0.05, 0) is 12.1 Å². The predicted molar refractivity (Wildman–Crippen MR) is 65.3 cm³/mol. The number of methoxy groups -OCH3 is 1. The Morgan fingerprint density at radius 1 is 1.50 bits per heavy atom. The van der Waals surface area contributed by atoms with E-state index in [1.165, 1.54) is 19.2 Å². The smallest absolute Gasteiger partial charge is 0.339 e. The monoisotopic (exact) mass is 275 g/mol. The second-order valence-electron chi connectivity index (χ2n) is 3.65. The van der Waals surface area contributed by atoms with Crippen LogP contribution in [0.2, 0.25) is 5.02 Å². The van der Waals surface area contributed by atoms with E-state index in [4.69, 9.17) is 22.4 Å². The molecule has 1 aromatic rings. The van der Waals surface area contributed by atoms with Gasteiger partial charge >= 0.3 is 5.97 Å². The highest BCUT2D eigenvalue weighted by Gasteiger charge is 2.23. The standard InChI is InChI=1S/C11H14ClNO5/c1-18-11(17)6-2-5(7(12)3-8(6)13)10(16)9(15)4-14/h2-3,9-10,14-16H,4,13H2,1H3. The van der Waals surface area contributed by atoms with Gasteiger partial charge in [0.1, 0.15) is 12.2 Å². The fourth-order valence-electron chi connectivity index (χ4n) is 1.43. The molecule has 1 rings (SSSR count). The normalized spacial score (nSPS) is 14.1. The zero-order chi connectivity index (χ0) is 13.9. The van der Waals surface area contributed by atoms with Crippen molar-refractivity contribution in [2.24, 2.45) is 0 Å². The van der Waals surface area contributed by atoms with Gasteiger partial charge in [-0.25, -0.2) is 4.79 Å². The van der Waals surface area contributed by atoms with E-state index in [0.717, 1.165) is 0 Å². The number of hydrogen-bond donors (Lipinski definition) is 4. The first-order chi connectivity index (χ1) is 8.42. The lowest BCUT2D eigenvalue weighted by Gasteiger charge is -2.18. The van der Waals surface area contributed by atoms with Gasteiger partial charge in [-0.3, -0.25) is 0 Å². The average molecular weight is 276 g/mol. The Labute approximate surface area is 109 Å². The number of carbonyl (C=O) groups is 1. The zero-order valence-electron chi connectivity index (χ0n) is 9.63. The van der Waals surface area contributed by atoms with Gasteiger partial charge in [0.05, 0.1) is 19.3 Å². The van der Waals surface area contributed by atoms with Crippen LogP contribution in [0.1, 0.15) is 22.0 Å². The molecule has 2 atom stereocenters. The molecule has 0 amide bonds. The molecule has 0 saturated heterocycles. The first-order valence-electron chi connectivity index (χ1n) is 5.06. The second kappa shape index (κ2) is 6.01. The minimum Gasteiger partial charge on any atom is -0.465 e. The molecule has 0 aromatic heterocycles. The molecule has 5 N–H and O–H groups in total. The summed E-state index contributed by atoms with van der Waals surface area (Å²) in [5.74, 6) is -0.684. The number of anilines is 1. The topological polar surface area (TPSA) is 113 Å². The van der Waals surface area contributed by atoms with Crippen LogP contribution in [0.5, 0.6) is 0 Å². The highest BCUT2D eigenvalue weighted by Crippen LogP contribution is 2.30. The third-order valence-corrected chi connectivity index (χ3v) is 2.77. The van der Waals surface area contributed by atoms with E-state index in [1.807, 2.05) is 0 Å². The lowest BCUT2D eigenvalue weighted by molar-refractivity contribution is -0.0152. The number of nitrogens with two attached hydrogens (primary N) is 1. The first-order valence-corrected chi connectivity index (χ1v) is 5.44. The number of ether oxygens (including phenoxy) is 1. The molecule has 18 heavy (non-hydrogen) atoms. The van der Waals surface area contributed by atoms with E-state index < -0.39 is 24.8 Å². The number of carbonyl (C=O) groups excluding carboxylic acids is 1. The van der Waals surface area contributed by atoms with Gasteiger partial charge in [0.25, 0.3) is 0 Å². The van der Waals surface area contributed by atoms with Crippen LogP contribution in [0.25, 0.3) is 0 Å². The summed E-state index contributed by atoms with van der Waals surface area (Å²) in [6.45, 7) is -0.643. The summed E-state index contributed by atoms with van der Waals surface area (Å²) in [5, 5.41) is 28.0. The molecule has 6 nitrogen and oxygen atoms in total. The molecule has 0 spiro atoms. The SMILES string of the molecule is COC(=O)c1cc(C(O)C(O)CO)c(Cl)cc1N. The Bertz CT molecular complexity index is 451. The molecule has 2 unspecified atom stereocenters. The number of aliphatic hydroxyl groups excluding tert-OH is 3. The highest BCUT2D eigenvalue weighted by atomic mass is 35.5. The number of hydrogen-bond acceptors (Lipinski definition) is 6. The summed E-state index contributed by atoms with van der Waals surface area (Å²) in [4.78, 5) is 11.4. The van der Waals surface area contributed by atoms with Gasteiger partial charge in [0.15, 0.2) is 0 Å². The van der Waals surface area contributed by atoms with Gasteiger partial charge in [-0.2, -0.15) is 0 Å². The first kappa shape index (κ1) is 14.7. The Balaban J connectivity index is 3.24. The van der Waals surface area contributed by atoms with Crippen molar-refractivity contribution < 1.29 is 24.9 Å². The maximum absolute atomic E-state index is 11.4. The largest absolute Gasteiger partial charge is 0.465 e. The second-order valence-corrected chi connectivity index (χ2v) is 4.05. The van der Waals surface area contributed by atoms with E-state index in [9.17, 15) is 15.0 Å². The van der Waals surface area contributed by atoms with Crippen LogP contribution >= 0.6 is 11.6 Å². The van der Waals surface area contributed by atoms with Crippen molar-refractivity contribution in [3.63, 3.8) is 0 Å². The average Bonchev–Trinajstić information content (AvgIpc) is 2.36. The minimum atomic E-state index is -1.42. The van der Waals surface area contributed by atoms with Crippen LogP contribution < -0.4 is 5.73 Å². The third-order valence-electron chi connectivity index (χ3n) is 2.44. The lowest BCUT2D eigenvalue weighted by atomic mass is 10.0. The number of aliphatic hydroxyl groups is 3. The van der Waals surface area contributed by atoms with Crippen LogP contribution in [-0.4, -0.2) is 41.1 Å². The molecule has 1 aromatic carbocycles. The van der Waals surface area contributed by atoms with Crippen LogP contribution in [-0.2, 0) is 4.74 Å². The number of benzene rings is 1. The van der Waals surface area contributed by atoms with E-state index in [-0.39, 0.29) is 21.8 Å².